The van der Waals surface area contributed by atoms with Crippen molar-refractivity contribution in [3.05, 3.63) is 40.8 Å². The molecule has 2 N–H and O–H groups in total. The summed E-state index contributed by atoms with van der Waals surface area (Å²) in [6, 6.07) is 9.15. The smallest absolute Gasteiger partial charge is 0.351 e. The molecule has 0 spiro atoms. The molecule has 0 saturated carbocycles. The van der Waals surface area contributed by atoms with E-state index in [-0.39, 0.29) is 11.6 Å². The third-order valence-electron chi connectivity index (χ3n) is 2.01. The monoisotopic (exact) mass is 190 g/mol. The van der Waals surface area contributed by atoms with Crippen molar-refractivity contribution >= 4 is 5.95 Å². The van der Waals surface area contributed by atoms with Crippen LogP contribution in [0.2, 0.25) is 0 Å². The van der Waals surface area contributed by atoms with E-state index in [2.05, 4.69) is 5.10 Å². The summed E-state index contributed by atoms with van der Waals surface area (Å²) in [5, 5.41) is 3.92. The van der Waals surface area contributed by atoms with Gasteiger partial charge >= 0.3 is 5.69 Å². The van der Waals surface area contributed by atoms with Gasteiger partial charge in [-0.2, -0.15) is 4.68 Å². The highest BCUT2D eigenvalue weighted by atomic mass is 16.2. The maximum Gasteiger partial charge on any atom is 0.351 e. The van der Waals surface area contributed by atoms with Crippen LogP contribution in [-0.2, 0) is 7.05 Å². The zero-order valence-electron chi connectivity index (χ0n) is 7.71. The average molecular weight is 190 g/mol. The first-order chi connectivity index (χ1) is 6.70. The quantitative estimate of drug-likeness (QED) is 0.696. The van der Waals surface area contributed by atoms with Gasteiger partial charge in [-0.25, -0.2) is 4.79 Å². The largest absolute Gasteiger partial charge is 0.368 e. The van der Waals surface area contributed by atoms with Crippen molar-refractivity contribution in [1.82, 2.24) is 14.3 Å². The molecule has 0 amide bonds. The average Bonchev–Trinajstić information content (AvgIpc) is 2.47. The number of nitrogens with zero attached hydrogens (tertiary/aromatic N) is 3. The Bertz CT molecular complexity index is 497. The summed E-state index contributed by atoms with van der Waals surface area (Å²) in [7, 11) is 1.59. The molecule has 0 radical (unpaired) electrons. The third kappa shape index (κ3) is 1.19. The van der Waals surface area contributed by atoms with E-state index in [1.54, 1.807) is 19.2 Å². The van der Waals surface area contributed by atoms with Gasteiger partial charge in [0.2, 0.25) is 5.95 Å². The van der Waals surface area contributed by atoms with Gasteiger partial charge in [-0.3, -0.25) is 4.57 Å². The fourth-order valence-electron chi connectivity index (χ4n) is 1.19. The van der Waals surface area contributed by atoms with Crippen molar-refractivity contribution in [2.45, 2.75) is 0 Å². The van der Waals surface area contributed by atoms with Gasteiger partial charge in [0, 0.05) is 7.05 Å². The molecule has 2 aromatic rings. The predicted molar refractivity (Wildman–Crippen MR) is 53.2 cm³/mol. The minimum Gasteiger partial charge on any atom is -0.368 e. The Morgan fingerprint density at radius 2 is 1.93 bits per heavy atom. The van der Waals surface area contributed by atoms with Crippen LogP contribution < -0.4 is 11.4 Å². The first-order valence-electron chi connectivity index (χ1n) is 4.17. The van der Waals surface area contributed by atoms with Crippen molar-refractivity contribution in [2.75, 3.05) is 5.73 Å². The van der Waals surface area contributed by atoms with E-state index in [0.717, 1.165) is 0 Å². The number of aromatic nitrogens is 3. The molecule has 0 bridgehead atoms. The second kappa shape index (κ2) is 3.02. The number of hydrogen-bond acceptors (Lipinski definition) is 3. The number of anilines is 1. The molecule has 5 heteroatoms. The first-order valence-corrected chi connectivity index (χ1v) is 4.17. The van der Waals surface area contributed by atoms with Crippen LogP contribution in [0.5, 0.6) is 0 Å². The van der Waals surface area contributed by atoms with E-state index in [9.17, 15) is 4.79 Å². The van der Waals surface area contributed by atoms with Gasteiger partial charge in [-0.05, 0) is 12.1 Å². The Morgan fingerprint density at radius 1 is 1.29 bits per heavy atom. The molecule has 0 aliphatic rings. The van der Waals surface area contributed by atoms with Crippen LogP contribution in [0.25, 0.3) is 5.69 Å². The summed E-state index contributed by atoms with van der Waals surface area (Å²) in [4.78, 5) is 11.6. The molecule has 0 fully saturated rings. The van der Waals surface area contributed by atoms with E-state index in [1.807, 2.05) is 18.2 Å². The van der Waals surface area contributed by atoms with Crippen LogP contribution in [0.4, 0.5) is 5.95 Å². The fraction of sp³-hybridized carbons (Fsp3) is 0.111. The van der Waals surface area contributed by atoms with Gasteiger partial charge in [0.15, 0.2) is 0 Å². The molecule has 72 valence electrons. The zero-order valence-corrected chi connectivity index (χ0v) is 7.71. The van der Waals surface area contributed by atoms with Crippen LogP contribution >= 0.6 is 0 Å². The first kappa shape index (κ1) is 8.55. The maximum atomic E-state index is 11.6. The van der Waals surface area contributed by atoms with Crippen LogP contribution in [0, 0.1) is 0 Å². The Balaban J connectivity index is 2.64. The second-order valence-electron chi connectivity index (χ2n) is 2.95. The van der Waals surface area contributed by atoms with Crippen molar-refractivity contribution in [2.24, 2.45) is 7.05 Å². The van der Waals surface area contributed by atoms with Gasteiger partial charge in [0.1, 0.15) is 0 Å². The summed E-state index contributed by atoms with van der Waals surface area (Å²) in [6.45, 7) is 0. The number of rotatable bonds is 1. The van der Waals surface area contributed by atoms with Crippen molar-refractivity contribution in [1.29, 1.82) is 0 Å². The van der Waals surface area contributed by atoms with Crippen molar-refractivity contribution < 1.29 is 0 Å². The van der Waals surface area contributed by atoms with Gasteiger partial charge in [0.05, 0.1) is 5.69 Å². The molecule has 14 heavy (non-hydrogen) atoms. The fourth-order valence-corrected chi connectivity index (χ4v) is 1.19. The SMILES string of the molecule is Cn1c(N)nn(-c2ccccc2)c1=O. The molecule has 0 unspecified atom stereocenters. The summed E-state index contributed by atoms with van der Waals surface area (Å²) in [6.07, 6.45) is 0. The summed E-state index contributed by atoms with van der Waals surface area (Å²) in [5.74, 6) is 0.207. The Hall–Kier alpha value is -2.04. The normalized spacial score (nSPS) is 10.4. The maximum absolute atomic E-state index is 11.6. The summed E-state index contributed by atoms with van der Waals surface area (Å²) >= 11 is 0. The molecule has 0 aliphatic heterocycles. The lowest BCUT2D eigenvalue weighted by Gasteiger charge is -1.96. The molecule has 1 aromatic carbocycles. The Labute approximate surface area is 80.4 Å². The number of benzene rings is 1. The summed E-state index contributed by atoms with van der Waals surface area (Å²) in [5.41, 5.74) is 5.98. The molecule has 2 rings (SSSR count). The topological polar surface area (TPSA) is 65.8 Å². The molecule has 1 aromatic heterocycles. The highest BCUT2D eigenvalue weighted by Gasteiger charge is 2.07. The van der Waals surface area contributed by atoms with Crippen LogP contribution in [0.15, 0.2) is 35.1 Å². The Morgan fingerprint density at radius 3 is 2.43 bits per heavy atom. The van der Waals surface area contributed by atoms with Gasteiger partial charge < -0.3 is 5.73 Å². The lowest BCUT2D eigenvalue weighted by Crippen LogP contribution is -2.21. The Kier molecular flexibility index (Phi) is 1.85. The number of nitrogen functional groups attached to an aromatic ring is 1. The second-order valence-corrected chi connectivity index (χ2v) is 2.95. The standard InChI is InChI=1S/C9H10N4O/c1-12-8(10)11-13(9(12)14)7-5-3-2-4-6-7/h2-6H,1H3,(H2,10,11). The molecule has 5 nitrogen and oxygen atoms in total. The summed E-state index contributed by atoms with van der Waals surface area (Å²) < 4.78 is 2.57. The van der Waals surface area contributed by atoms with E-state index in [0.29, 0.717) is 5.69 Å². The minimum absolute atomic E-state index is 0.207. The number of para-hydroxylation sites is 1. The highest BCUT2D eigenvalue weighted by Crippen LogP contribution is 2.03. The van der Waals surface area contributed by atoms with E-state index in [4.69, 9.17) is 5.73 Å². The minimum atomic E-state index is -0.242. The van der Waals surface area contributed by atoms with Gasteiger partial charge in [-0.1, -0.05) is 18.2 Å². The van der Waals surface area contributed by atoms with Crippen LogP contribution in [0.1, 0.15) is 0 Å². The predicted octanol–water partition coefficient (Wildman–Crippen LogP) is 0.153. The van der Waals surface area contributed by atoms with Crippen LogP contribution in [-0.4, -0.2) is 14.3 Å². The van der Waals surface area contributed by atoms with Crippen molar-refractivity contribution in [3.8, 4) is 5.69 Å². The van der Waals surface area contributed by atoms with Crippen molar-refractivity contribution in [3.63, 3.8) is 0 Å². The van der Waals surface area contributed by atoms with Gasteiger partial charge in [-0.15, -0.1) is 5.10 Å². The van der Waals surface area contributed by atoms with Crippen LogP contribution in [0.3, 0.4) is 0 Å². The third-order valence-corrected chi connectivity index (χ3v) is 2.01. The molecule has 0 saturated heterocycles. The molecular formula is C9H10N4O. The lowest BCUT2D eigenvalue weighted by molar-refractivity contribution is 0.799. The zero-order chi connectivity index (χ0) is 10.1. The molecular weight excluding hydrogens is 180 g/mol. The molecule has 0 atom stereocenters. The van der Waals surface area contributed by atoms with E-state index in [1.165, 1.54) is 9.25 Å². The highest BCUT2D eigenvalue weighted by molar-refractivity contribution is 5.31. The number of nitrogens with two attached hydrogens (primary N) is 1. The van der Waals surface area contributed by atoms with E-state index < -0.39 is 0 Å². The molecule has 1 heterocycles. The number of hydrogen-bond donors (Lipinski definition) is 1. The lowest BCUT2D eigenvalue weighted by atomic mass is 10.3. The molecule has 0 aliphatic carbocycles. The van der Waals surface area contributed by atoms with E-state index >= 15 is 0 Å². The van der Waals surface area contributed by atoms with Gasteiger partial charge in [0.25, 0.3) is 0 Å².